The molecule has 0 aromatic heterocycles. The first-order chi connectivity index (χ1) is 13.5. The van der Waals surface area contributed by atoms with Gasteiger partial charge in [0.1, 0.15) is 5.75 Å². The molecule has 0 atom stereocenters. The van der Waals surface area contributed by atoms with Crippen molar-refractivity contribution in [2.45, 2.75) is 79.1 Å². The predicted molar refractivity (Wildman–Crippen MR) is 118 cm³/mol. The number of carbonyl (C=O) groups is 1. The maximum atomic E-state index is 10.7. The Morgan fingerprint density at radius 2 is 1.25 bits per heavy atom. The molecule has 0 aliphatic heterocycles. The topological polar surface area (TPSA) is 72.4 Å². The SMILES string of the molecule is CCCC[N+](CCCC)(CCCC)CCCC.O=C(N[O-])c1ccccc1O. The van der Waals surface area contributed by atoms with Crippen molar-refractivity contribution >= 4 is 5.91 Å². The number of phenolic OH excluding ortho intramolecular Hbond substituents is 1. The van der Waals surface area contributed by atoms with Crippen molar-refractivity contribution in [3.63, 3.8) is 0 Å². The van der Waals surface area contributed by atoms with E-state index in [0.717, 1.165) is 0 Å². The van der Waals surface area contributed by atoms with Crippen LogP contribution in [0, 0.1) is 5.21 Å². The number of para-hydroxylation sites is 1. The predicted octanol–water partition coefficient (Wildman–Crippen LogP) is 5.62. The third kappa shape index (κ3) is 10.7. The van der Waals surface area contributed by atoms with Crippen LogP contribution in [0.4, 0.5) is 0 Å². The molecule has 0 aliphatic carbocycles. The number of hydrogen-bond acceptors (Lipinski definition) is 3. The molecule has 28 heavy (non-hydrogen) atoms. The molecule has 1 amide bonds. The van der Waals surface area contributed by atoms with Gasteiger partial charge in [-0.15, -0.1) is 0 Å². The average molecular weight is 395 g/mol. The summed E-state index contributed by atoms with van der Waals surface area (Å²) in [4.78, 5) is 10.7. The Labute approximate surface area is 172 Å². The van der Waals surface area contributed by atoms with Crippen LogP contribution in [0.2, 0.25) is 0 Å². The Bertz CT molecular complexity index is 483. The van der Waals surface area contributed by atoms with E-state index in [4.69, 9.17) is 5.11 Å². The highest BCUT2D eigenvalue weighted by Gasteiger charge is 2.24. The number of rotatable bonds is 13. The van der Waals surface area contributed by atoms with E-state index in [1.54, 1.807) is 12.1 Å². The van der Waals surface area contributed by atoms with Crippen molar-refractivity contribution in [2.24, 2.45) is 0 Å². The lowest BCUT2D eigenvalue weighted by molar-refractivity contribution is -0.929. The van der Waals surface area contributed by atoms with E-state index in [1.165, 1.54) is 99.6 Å². The molecule has 0 bridgehead atoms. The number of hydrogen-bond donors (Lipinski definition) is 2. The molecule has 0 saturated heterocycles. The number of phenols is 1. The van der Waals surface area contributed by atoms with Crippen LogP contribution in [0.25, 0.3) is 0 Å². The Kier molecular flexibility index (Phi) is 15.4. The van der Waals surface area contributed by atoms with E-state index in [9.17, 15) is 10.0 Å². The summed E-state index contributed by atoms with van der Waals surface area (Å²) in [6.07, 6.45) is 11.1. The van der Waals surface area contributed by atoms with Gasteiger partial charge in [-0.25, -0.2) is 0 Å². The molecule has 0 heterocycles. The molecule has 2 N–H and O–H groups in total. The fraction of sp³-hybridized carbons (Fsp3) is 0.696. The van der Waals surface area contributed by atoms with Crippen LogP contribution in [-0.2, 0) is 0 Å². The number of unbranched alkanes of at least 4 members (excludes halogenated alkanes) is 4. The second-order valence-electron chi connectivity index (χ2n) is 7.60. The van der Waals surface area contributed by atoms with E-state index in [-0.39, 0.29) is 11.3 Å². The molecule has 0 aliphatic rings. The Balaban J connectivity index is 0.000000567. The molecule has 162 valence electrons. The van der Waals surface area contributed by atoms with E-state index in [2.05, 4.69) is 27.7 Å². The summed E-state index contributed by atoms with van der Waals surface area (Å²) in [5.41, 5.74) is 1.16. The van der Waals surface area contributed by atoms with Crippen molar-refractivity contribution in [3.8, 4) is 5.75 Å². The van der Waals surface area contributed by atoms with Crippen LogP contribution in [0.15, 0.2) is 24.3 Å². The van der Waals surface area contributed by atoms with Crippen LogP contribution >= 0.6 is 0 Å². The van der Waals surface area contributed by atoms with E-state index in [1.807, 2.05) is 0 Å². The van der Waals surface area contributed by atoms with Gasteiger partial charge in [0.05, 0.1) is 31.7 Å². The number of benzene rings is 1. The number of aromatic hydroxyl groups is 1. The third-order valence-corrected chi connectivity index (χ3v) is 5.19. The number of carbonyl (C=O) groups excluding carboxylic acids is 1. The summed E-state index contributed by atoms with van der Waals surface area (Å²) in [5, 5.41) is 18.9. The Hall–Kier alpha value is -1.59. The minimum atomic E-state index is -0.830. The van der Waals surface area contributed by atoms with Gasteiger partial charge in [-0.2, -0.15) is 0 Å². The van der Waals surface area contributed by atoms with Gasteiger partial charge in [0.25, 0.3) is 0 Å². The third-order valence-electron chi connectivity index (χ3n) is 5.19. The van der Waals surface area contributed by atoms with Gasteiger partial charge >= 0.3 is 0 Å². The number of amides is 1. The lowest BCUT2D eigenvalue weighted by atomic mass is 10.1. The Morgan fingerprint density at radius 1 is 0.857 bits per heavy atom. The lowest BCUT2D eigenvalue weighted by Crippen LogP contribution is -2.50. The standard InChI is InChI=1S/C16H36N.C7H6NO3/c1-5-9-13-17(14-10-6-2,15-11-7-3)16-12-8-4;9-6-4-2-1-3-5(6)7(10)8-11/h5-16H2,1-4H3;1-4H,(H2-,8,9,10,11)/q+1;-1. The zero-order valence-electron chi connectivity index (χ0n) is 18.5. The van der Waals surface area contributed by atoms with Gasteiger partial charge in [0.15, 0.2) is 0 Å². The van der Waals surface area contributed by atoms with Gasteiger partial charge < -0.3 is 20.3 Å². The Morgan fingerprint density at radius 3 is 1.57 bits per heavy atom. The zero-order chi connectivity index (χ0) is 21.3. The molecule has 1 aromatic carbocycles. The summed E-state index contributed by atoms with van der Waals surface area (Å²) < 4.78 is 1.42. The molecule has 5 nitrogen and oxygen atoms in total. The first-order valence-electron chi connectivity index (χ1n) is 11.1. The molecule has 0 fully saturated rings. The summed E-state index contributed by atoms with van der Waals surface area (Å²) in [7, 11) is 0. The fourth-order valence-electron chi connectivity index (χ4n) is 3.37. The number of quaternary nitrogens is 1. The summed E-state index contributed by atoms with van der Waals surface area (Å²) in [6.45, 7) is 15.0. The molecule has 0 radical (unpaired) electrons. The second kappa shape index (κ2) is 16.4. The fourth-order valence-corrected chi connectivity index (χ4v) is 3.37. The van der Waals surface area contributed by atoms with Crippen molar-refractivity contribution in [1.82, 2.24) is 5.48 Å². The molecule has 0 unspecified atom stereocenters. The van der Waals surface area contributed by atoms with Crippen LogP contribution in [0.3, 0.4) is 0 Å². The molecular formula is C23H42N2O3. The first-order valence-corrected chi connectivity index (χ1v) is 11.1. The maximum absolute atomic E-state index is 10.7. The molecule has 0 saturated carbocycles. The summed E-state index contributed by atoms with van der Waals surface area (Å²) in [6, 6.07) is 5.83. The van der Waals surface area contributed by atoms with E-state index < -0.39 is 5.91 Å². The van der Waals surface area contributed by atoms with Crippen molar-refractivity contribution in [2.75, 3.05) is 26.2 Å². The smallest absolute Gasteiger partial charge is 0.244 e. The van der Waals surface area contributed by atoms with Gasteiger partial charge in [0, 0.05) is 0 Å². The first kappa shape index (κ1) is 26.4. The van der Waals surface area contributed by atoms with Crippen LogP contribution < -0.4 is 5.48 Å². The number of nitrogens with one attached hydrogen (secondary N) is 1. The number of nitrogens with zero attached hydrogens (tertiary/aromatic N) is 1. The van der Waals surface area contributed by atoms with Gasteiger partial charge in [-0.05, 0) is 37.8 Å². The molecule has 0 spiro atoms. The summed E-state index contributed by atoms with van der Waals surface area (Å²) in [5.74, 6) is -1.02. The van der Waals surface area contributed by atoms with Crippen LogP contribution in [-0.4, -0.2) is 41.7 Å². The van der Waals surface area contributed by atoms with Crippen LogP contribution in [0.5, 0.6) is 5.75 Å². The quantitative estimate of drug-likeness (QED) is 0.337. The van der Waals surface area contributed by atoms with Crippen molar-refractivity contribution in [1.29, 1.82) is 0 Å². The molecule has 5 heteroatoms. The summed E-state index contributed by atoms with van der Waals surface area (Å²) >= 11 is 0. The monoisotopic (exact) mass is 394 g/mol. The highest BCUT2D eigenvalue weighted by molar-refractivity contribution is 5.96. The van der Waals surface area contributed by atoms with E-state index >= 15 is 0 Å². The molecular weight excluding hydrogens is 352 g/mol. The second-order valence-corrected chi connectivity index (χ2v) is 7.60. The minimum Gasteiger partial charge on any atom is -0.759 e. The molecule has 1 rings (SSSR count). The largest absolute Gasteiger partial charge is 0.759 e. The van der Waals surface area contributed by atoms with E-state index in [0.29, 0.717) is 0 Å². The average Bonchev–Trinajstić information content (AvgIpc) is 2.73. The lowest BCUT2D eigenvalue weighted by Gasteiger charge is -2.39. The maximum Gasteiger partial charge on any atom is 0.244 e. The highest BCUT2D eigenvalue weighted by Crippen LogP contribution is 2.16. The van der Waals surface area contributed by atoms with Crippen molar-refractivity contribution < 1.29 is 14.4 Å². The van der Waals surface area contributed by atoms with Gasteiger partial charge in [-0.1, -0.05) is 65.5 Å². The normalized spacial score (nSPS) is 10.9. The van der Waals surface area contributed by atoms with Crippen LogP contribution in [0.1, 0.15) is 89.4 Å². The molecule has 1 aromatic rings. The van der Waals surface area contributed by atoms with Crippen molar-refractivity contribution in [3.05, 3.63) is 35.0 Å². The zero-order valence-corrected chi connectivity index (χ0v) is 18.5. The van der Waals surface area contributed by atoms with Gasteiger partial charge in [0.2, 0.25) is 5.91 Å². The van der Waals surface area contributed by atoms with Gasteiger partial charge in [-0.3, -0.25) is 4.79 Å². The highest BCUT2D eigenvalue weighted by atomic mass is 16.5. The minimum absolute atomic E-state index is 0.0116. The number of hydroxylamine groups is 1.